The van der Waals surface area contributed by atoms with Gasteiger partial charge in [-0.1, -0.05) is 12.8 Å². The largest absolute Gasteiger partial charge is 0.345 e. The summed E-state index contributed by atoms with van der Waals surface area (Å²) in [5.74, 6) is -0.130. The van der Waals surface area contributed by atoms with Crippen molar-refractivity contribution in [2.24, 2.45) is 5.92 Å². The third-order valence-electron chi connectivity index (χ3n) is 2.06. The molecule has 0 aliphatic heterocycles. The van der Waals surface area contributed by atoms with Crippen molar-refractivity contribution >= 4 is 5.97 Å². The molecule has 1 aliphatic rings. The minimum absolute atomic E-state index is 0.0716. The third kappa shape index (κ3) is 3.77. The maximum Gasteiger partial charge on any atom is 0.345 e. The lowest BCUT2D eigenvalue weighted by Crippen LogP contribution is -2.24. The Morgan fingerprint density at radius 2 is 1.77 bits per heavy atom. The molecule has 0 bridgehead atoms. The van der Waals surface area contributed by atoms with E-state index in [4.69, 9.17) is 9.78 Å². The summed E-state index contributed by atoms with van der Waals surface area (Å²) < 4.78 is 0. The first kappa shape index (κ1) is 10.5. The Hall–Kier alpha value is -0.570. The molecule has 0 aromatic heterocycles. The first-order chi connectivity index (χ1) is 5.99. The van der Waals surface area contributed by atoms with Gasteiger partial charge in [0.05, 0.1) is 5.92 Å². The lowest BCUT2D eigenvalue weighted by Gasteiger charge is -2.18. The van der Waals surface area contributed by atoms with Crippen LogP contribution in [-0.4, -0.2) is 11.6 Å². The van der Waals surface area contributed by atoms with E-state index in [9.17, 15) is 4.79 Å². The summed E-state index contributed by atoms with van der Waals surface area (Å²) in [7, 11) is 0. The van der Waals surface area contributed by atoms with E-state index in [-0.39, 0.29) is 11.9 Å². The fourth-order valence-electron chi connectivity index (χ4n) is 1.40. The molecule has 3 heteroatoms. The Morgan fingerprint density at radius 3 is 2.23 bits per heavy atom. The second-order valence-corrected chi connectivity index (χ2v) is 4.58. The van der Waals surface area contributed by atoms with Crippen LogP contribution in [0, 0.1) is 5.92 Å². The second kappa shape index (κ2) is 4.09. The maximum absolute atomic E-state index is 11.3. The summed E-state index contributed by atoms with van der Waals surface area (Å²) in [6.45, 7) is 5.57. The number of hydrogen-bond acceptors (Lipinski definition) is 3. The zero-order valence-corrected chi connectivity index (χ0v) is 8.63. The van der Waals surface area contributed by atoms with E-state index >= 15 is 0 Å². The van der Waals surface area contributed by atoms with E-state index in [1.54, 1.807) is 0 Å². The molecule has 0 aromatic rings. The predicted octanol–water partition coefficient (Wildman–Crippen LogP) is 2.45. The number of rotatable bonds is 2. The van der Waals surface area contributed by atoms with Crippen molar-refractivity contribution in [1.29, 1.82) is 0 Å². The van der Waals surface area contributed by atoms with Crippen LogP contribution < -0.4 is 0 Å². The van der Waals surface area contributed by atoms with Crippen LogP contribution in [0.3, 0.4) is 0 Å². The van der Waals surface area contributed by atoms with Crippen molar-refractivity contribution in [2.45, 2.75) is 52.1 Å². The molecular formula is C10H18O3. The van der Waals surface area contributed by atoms with Gasteiger partial charge in [-0.25, -0.2) is 4.79 Å². The third-order valence-corrected chi connectivity index (χ3v) is 2.06. The summed E-state index contributed by atoms with van der Waals surface area (Å²) >= 11 is 0. The molecule has 0 amide bonds. The monoisotopic (exact) mass is 186 g/mol. The van der Waals surface area contributed by atoms with Crippen LogP contribution in [0.5, 0.6) is 0 Å². The Labute approximate surface area is 79.3 Å². The number of hydrogen-bond donors (Lipinski definition) is 0. The molecule has 13 heavy (non-hydrogen) atoms. The Kier molecular flexibility index (Phi) is 3.31. The van der Waals surface area contributed by atoms with Crippen molar-refractivity contribution in [2.75, 3.05) is 0 Å². The molecule has 3 nitrogen and oxygen atoms in total. The Morgan fingerprint density at radius 1 is 1.23 bits per heavy atom. The molecule has 1 saturated carbocycles. The van der Waals surface area contributed by atoms with Gasteiger partial charge >= 0.3 is 5.97 Å². The summed E-state index contributed by atoms with van der Waals surface area (Å²) in [6.07, 6.45) is 4.17. The van der Waals surface area contributed by atoms with Crippen LogP contribution in [0.1, 0.15) is 46.5 Å². The van der Waals surface area contributed by atoms with Gasteiger partial charge in [-0.2, -0.15) is 4.89 Å². The standard InChI is InChI=1S/C10H18O3/c1-10(2,3)13-12-9(11)8-6-4-5-7-8/h8H,4-7H2,1-3H3. The highest BCUT2D eigenvalue weighted by molar-refractivity contribution is 5.72. The highest BCUT2D eigenvalue weighted by Crippen LogP contribution is 2.26. The summed E-state index contributed by atoms with van der Waals surface area (Å²) in [5.41, 5.74) is -0.408. The van der Waals surface area contributed by atoms with Crippen LogP contribution in [0.2, 0.25) is 0 Å². The smallest absolute Gasteiger partial charge is 0.298 e. The van der Waals surface area contributed by atoms with Gasteiger partial charge in [0.25, 0.3) is 0 Å². The van der Waals surface area contributed by atoms with Crippen LogP contribution >= 0.6 is 0 Å². The van der Waals surface area contributed by atoms with Gasteiger partial charge in [-0.05, 0) is 33.6 Å². The van der Waals surface area contributed by atoms with Gasteiger partial charge in [0.1, 0.15) is 5.60 Å². The van der Waals surface area contributed by atoms with Crippen molar-refractivity contribution in [3.8, 4) is 0 Å². The van der Waals surface area contributed by atoms with Gasteiger partial charge < -0.3 is 0 Å². The van der Waals surface area contributed by atoms with Gasteiger partial charge in [0.15, 0.2) is 0 Å². The zero-order valence-electron chi connectivity index (χ0n) is 8.63. The molecule has 0 unspecified atom stereocenters. The van der Waals surface area contributed by atoms with E-state index < -0.39 is 5.60 Å². The highest BCUT2D eigenvalue weighted by Gasteiger charge is 2.26. The second-order valence-electron chi connectivity index (χ2n) is 4.58. The molecule has 0 heterocycles. The number of carbonyl (C=O) groups excluding carboxylic acids is 1. The summed E-state index contributed by atoms with van der Waals surface area (Å²) in [6, 6.07) is 0. The van der Waals surface area contributed by atoms with Crippen LogP contribution in [-0.2, 0) is 14.6 Å². The van der Waals surface area contributed by atoms with Crippen LogP contribution in [0.4, 0.5) is 0 Å². The number of carbonyl (C=O) groups is 1. The Balaban J connectivity index is 2.25. The minimum atomic E-state index is -0.408. The van der Waals surface area contributed by atoms with Crippen molar-refractivity contribution in [3.05, 3.63) is 0 Å². The van der Waals surface area contributed by atoms with E-state index in [1.807, 2.05) is 20.8 Å². The average Bonchev–Trinajstić information content (AvgIpc) is 2.50. The SMILES string of the molecule is CC(C)(C)OOC(=O)C1CCCC1. The first-order valence-corrected chi connectivity index (χ1v) is 4.88. The van der Waals surface area contributed by atoms with E-state index in [2.05, 4.69) is 0 Å². The summed E-state index contributed by atoms with van der Waals surface area (Å²) in [5, 5.41) is 0. The van der Waals surface area contributed by atoms with Crippen LogP contribution in [0.15, 0.2) is 0 Å². The van der Waals surface area contributed by atoms with Crippen molar-refractivity contribution < 1.29 is 14.6 Å². The molecule has 0 spiro atoms. The van der Waals surface area contributed by atoms with E-state index in [0.29, 0.717) is 0 Å². The quantitative estimate of drug-likeness (QED) is 0.491. The highest BCUT2D eigenvalue weighted by atomic mass is 17.2. The van der Waals surface area contributed by atoms with Crippen molar-refractivity contribution in [3.63, 3.8) is 0 Å². The minimum Gasteiger partial charge on any atom is -0.298 e. The lowest BCUT2D eigenvalue weighted by molar-refractivity contribution is -0.323. The van der Waals surface area contributed by atoms with E-state index in [0.717, 1.165) is 25.7 Å². The fourth-order valence-corrected chi connectivity index (χ4v) is 1.40. The topological polar surface area (TPSA) is 35.5 Å². The normalized spacial score (nSPS) is 19.0. The molecule has 0 aromatic carbocycles. The molecule has 1 aliphatic carbocycles. The first-order valence-electron chi connectivity index (χ1n) is 4.88. The van der Waals surface area contributed by atoms with Crippen LogP contribution in [0.25, 0.3) is 0 Å². The molecule has 1 fully saturated rings. The van der Waals surface area contributed by atoms with Gasteiger partial charge in [-0.15, -0.1) is 0 Å². The molecule has 0 saturated heterocycles. The fraction of sp³-hybridized carbons (Fsp3) is 0.900. The average molecular weight is 186 g/mol. The molecule has 0 radical (unpaired) electrons. The zero-order chi connectivity index (χ0) is 9.90. The van der Waals surface area contributed by atoms with Gasteiger partial charge in [0.2, 0.25) is 0 Å². The van der Waals surface area contributed by atoms with Gasteiger partial charge in [-0.3, -0.25) is 4.89 Å². The van der Waals surface area contributed by atoms with Gasteiger partial charge in [0, 0.05) is 0 Å². The predicted molar refractivity (Wildman–Crippen MR) is 48.9 cm³/mol. The van der Waals surface area contributed by atoms with E-state index in [1.165, 1.54) is 0 Å². The van der Waals surface area contributed by atoms with Crippen molar-refractivity contribution in [1.82, 2.24) is 0 Å². The molecule has 1 rings (SSSR count). The molecule has 0 atom stereocenters. The lowest BCUT2D eigenvalue weighted by atomic mass is 10.1. The maximum atomic E-state index is 11.3. The molecular weight excluding hydrogens is 168 g/mol. The Bertz CT molecular complexity index is 175. The summed E-state index contributed by atoms with van der Waals surface area (Å²) in [4.78, 5) is 21.1. The molecule has 0 N–H and O–H groups in total. The molecule has 76 valence electrons.